The van der Waals surface area contributed by atoms with E-state index < -0.39 is 0 Å². The highest BCUT2D eigenvalue weighted by atomic mass is 32.2. The largest absolute Gasteiger partial charge is 0.354 e. The molecule has 1 aliphatic rings. The van der Waals surface area contributed by atoms with Crippen LogP contribution in [-0.2, 0) is 4.79 Å². The monoisotopic (exact) mass is 243 g/mol. The van der Waals surface area contributed by atoms with E-state index in [0.717, 1.165) is 30.3 Å². The summed E-state index contributed by atoms with van der Waals surface area (Å²) < 4.78 is 0. The zero-order valence-electron chi connectivity index (χ0n) is 10.2. The molecule has 1 heterocycles. The van der Waals surface area contributed by atoms with Crippen molar-refractivity contribution in [2.45, 2.75) is 45.7 Å². The first kappa shape index (κ1) is 13.4. The maximum Gasteiger partial charge on any atom is 0.242 e. The zero-order valence-corrected chi connectivity index (χ0v) is 11.1. The maximum atomic E-state index is 11.6. The summed E-state index contributed by atoms with van der Waals surface area (Å²) in [5.41, 5.74) is 0. The molecule has 16 heavy (non-hydrogen) atoms. The lowest BCUT2D eigenvalue weighted by Gasteiger charge is -2.21. The highest BCUT2D eigenvalue weighted by Crippen LogP contribution is 2.15. The fourth-order valence-electron chi connectivity index (χ4n) is 1.36. The molecule has 0 saturated heterocycles. The van der Waals surface area contributed by atoms with Crippen molar-refractivity contribution in [1.29, 1.82) is 0 Å². The quantitative estimate of drug-likeness (QED) is 0.784. The molecule has 0 radical (unpaired) electrons. The van der Waals surface area contributed by atoms with E-state index in [9.17, 15) is 4.79 Å². The molecular formula is C11H21N3OS. The molecule has 2 atom stereocenters. The zero-order chi connectivity index (χ0) is 12.0. The van der Waals surface area contributed by atoms with Gasteiger partial charge in [-0.1, -0.05) is 18.7 Å². The van der Waals surface area contributed by atoms with Crippen LogP contribution in [0, 0.1) is 0 Å². The fraction of sp³-hybridized carbons (Fsp3) is 0.818. The molecule has 0 spiro atoms. The smallest absolute Gasteiger partial charge is 0.242 e. The molecule has 1 amide bonds. The molecule has 92 valence electrons. The van der Waals surface area contributed by atoms with Crippen LogP contribution in [-0.4, -0.2) is 35.5 Å². The lowest BCUT2D eigenvalue weighted by atomic mass is 10.3. The van der Waals surface area contributed by atoms with Gasteiger partial charge in [-0.3, -0.25) is 9.79 Å². The summed E-state index contributed by atoms with van der Waals surface area (Å²) in [6.07, 6.45) is 2.08. The van der Waals surface area contributed by atoms with Crippen molar-refractivity contribution in [3.63, 3.8) is 0 Å². The summed E-state index contributed by atoms with van der Waals surface area (Å²) in [5, 5.41) is 6.93. The lowest BCUT2D eigenvalue weighted by Crippen LogP contribution is -2.45. The molecule has 0 aliphatic carbocycles. The summed E-state index contributed by atoms with van der Waals surface area (Å²) in [5.74, 6) is 1.12. The standard InChI is InChI=1S/C11H21N3OS/c1-4-6-12-10(15)9(3)14-11-13-8(2)5-7-16-11/h8-9H,4-7H2,1-3H3,(H,12,15)(H,13,14). The second kappa shape index (κ2) is 6.78. The maximum absolute atomic E-state index is 11.6. The van der Waals surface area contributed by atoms with Crippen LogP contribution >= 0.6 is 11.8 Å². The molecule has 5 heteroatoms. The Hall–Kier alpha value is -0.710. The Morgan fingerprint density at radius 2 is 2.44 bits per heavy atom. The number of hydrogen-bond donors (Lipinski definition) is 2. The number of nitrogens with zero attached hydrogens (tertiary/aromatic N) is 1. The van der Waals surface area contributed by atoms with E-state index in [0.29, 0.717) is 6.04 Å². The van der Waals surface area contributed by atoms with Gasteiger partial charge >= 0.3 is 0 Å². The molecule has 0 aromatic rings. The van der Waals surface area contributed by atoms with Gasteiger partial charge in [-0.15, -0.1) is 0 Å². The molecule has 0 saturated carbocycles. The van der Waals surface area contributed by atoms with Crippen LogP contribution in [0.15, 0.2) is 4.99 Å². The SMILES string of the molecule is CCCNC(=O)C(C)NC1=NC(C)CCS1. The van der Waals surface area contributed by atoms with Gasteiger partial charge in [0.15, 0.2) is 5.17 Å². The second-order valence-corrected chi connectivity index (χ2v) is 5.16. The number of nitrogens with one attached hydrogen (secondary N) is 2. The number of amidine groups is 1. The first-order valence-electron chi connectivity index (χ1n) is 5.88. The average Bonchev–Trinajstić information content (AvgIpc) is 2.25. The van der Waals surface area contributed by atoms with Gasteiger partial charge in [0.2, 0.25) is 5.91 Å². The second-order valence-electron chi connectivity index (χ2n) is 4.08. The molecule has 2 N–H and O–H groups in total. The van der Waals surface area contributed by atoms with E-state index >= 15 is 0 Å². The Morgan fingerprint density at radius 1 is 1.69 bits per heavy atom. The van der Waals surface area contributed by atoms with E-state index in [1.807, 2.05) is 13.8 Å². The van der Waals surface area contributed by atoms with Crippen LogP contribution in [0.4, 0.5) is 0 Å². The molecular weight excluding hydrogens is 222 g/mol. The van der Waals surface area contributed by atoms with Crippen LogP contribution in [0.2, 0.25) is 0 Å². The third-order valence-corrected chi connectivity index (χ3v) is 3.33. The van der Waals surface area contributed by atoms with Crippen molar-refractivity contribution in [2.75, 3.05) is 12.3 Å². The van der Waals surface area contributed by atoms with Gasteiger partial charge in [0, 0.05) is 12.3 Å². The number of rotatable bonds is 4. The van der Waals surface area contributed by atoms with Gasteiger partial charge in [-0.25, -0.2) is 0 Å². The minimum Gasteiger partial charge on any atom is -0.354 e. The number of aliphatic imine (C=N–C) groups is 1. The predicted octanol–water partition coefficient (Wildman–Crippen LogP) is 1.37. The summed E-state index contributed by atoms with van der Waals surface area (Å²) >= 11 is 1.70. The third-order valence-electron chi connectivity index (χ3n) is 2.39. The van der Waals surface area contributed by atoms with Crippen LogP contribution < -0.4 is 10.6 Å². The number of carbonyl (C=O) groups excluding carboxylic acids is 1. The summed E-state index contributed by atoms with van der Waals surface area (Å²) in [4.78, 5) is 16.1. The summed E-state index contributed by atoms with van der Waals surface area (Å²) in [6.45, 7) is 6.75. The van der Waals surface area contributed by atoms with Gasteiger partial charge in [-0.2, -0.15) is 0 Å². The van der Waals surface area contributed by atoms with Crippen molar-refractivity contribution >= 4 is 22.8 Å². The van der Waals surface area contributed by atoms with Crippen molar-refractivity contribution in [3.8, 4) is 0 Å². The van der Waals surface area contributed by atoms with E-state index in [1.165, 1.54) is 0 Å². The first-order chi connectivity index (χ1) is 7.63. The Morgan fingerprint density at radius 3 is 3.06 bits per heavy atom. The Kier molecular flexibility index (Phi) is 5.66. The minimum absolute atomic E-state index is 0.0448. The van der Waals surface area contributed by atoms with Crippen LogP contribution in [0.3, 0.4) is 0 Å². The minimum atomic E-state index is -0.205. The van der Waals surface area contributed by atoms with Crippen LogP contribution in [0.25, 0.3) is 0 Å². The molecule has 4 nitrogen and oxygen atoms in total. The van der Waals surface area contributed by atoms with E-state index in [-0.39, 0.29) is 11.9 Å². The van der Waals surface area contributed by atoms with Crippen molar-refractivity contribution in [2.24, 2.45) is 4.99 Å². The molecule has 1 aliphatic heterocycles. The number of hydrogen-bond acceptors (Lipinski definition) is 4. The topological polar surface area (TPSA) is 53.5 Å². The highest BCUT2D eigenvalue weighted by molar-refractivity contribution is 8.13. The Labute approximate surface area is 102 Å². The number of carbonyl (C=O) groups is 1. The number of thioether (sulfide) groups is 1. The number of amides is 1. The first-order valence-corrected chi connectivity index (χ1v) is 6.87. The normalized spacial score (nSPS) is 22.2. The highest BCUT2D eigenvalue weighted by Gasteiger charge is 2.17. The fourth-order valence-corrected chi connectivity index (χ4v) is 2.53. The molecule has 0 aromatic heterocycles. The summed E-state index contributed by atoms with van der Waals surface area (Å²) in [7, 11) is 0. The van der Waals surface area contributed by atoms with Gasteiger partial charge in [0.1, 0.15) is 6.04 Å². The molecule has 1 rings (SSSR count). The van der Waals surface area contributed by atoms with Gasteiger partial charge in [-0.05, 0) is 26.7 Å². The van der Waals surface area contributed by atoms with Crippen molar-refractivity contribution in [1.82, 2.24) is 10.6 Å². The summed E-state index contributed by atoms with van der Waals surface area (Å²) in [6, 6.07) is 0.165. The Bertz CT molecular complexity index is 268. The Balaban J connectivity index is 2.38. The van der Waals surface area contributed by atoms with E-state index in [1.54, 1.807) is 11.8 Å². The van der Waals surface area contributed by atoms with Gasteiger partial charge in [0.05, 0.1) is 6.04 Å². The van der Waals surface area contributed by atoms with Crippen molar-refractivity contribution in [3.05, 3.63) is 0 Å². The average molecular weight is 243 g/mol. The molecule has 0 aromatic carbocycles. The van der Waals surface area contributed by atoms with E-state index in [4.69, 9.17) is 0 Å². The van der Waals surface area contributed by atoms with Gasteiger partial charge < -0.3 is 10.6 Å². The van der Waals surface area contributed by atoms with Gasteiger partial charge in [0.25, 0.3) is 0 Å². The van der Waals surface area contributed by atoms with Crippen LogP contribution in [0.1, 0.15) is 33.6 Å². The molecule has 0 bridgehead atoms. The lowest BCUT2D eigenvalue weighted by molar-refractivity contribution is -0.122. The molecule has 0 fully saturated rings. The predicted molar refractivity (Wildman–Crippen MR) is 69.9 cm³/mol. The molecule has 2 unspecified atom stereocenters. The van der Waals surface area contributed by atoms with Crippen molar-refractivity contribution < 1.29 is 4.79 Å². The van der Waals surface area contributed by atoms with E-state index in [2.05, 4.69) is 22.5 Å². The third kappa shape index (κ3) is 4.43. The van der Waals surface area contributed by atoms with Crippen LogP contribution in [0.5, 0.6) is 0 Å².